The van der Waals surface area contributed by atoms with E-state index < -0.39 is 12.1 Å². The van der Waals surface area contributed by atoms with Gasteiger partial charge in [-0.3, -0.25) is 0 Å². The summed E-state index contributed by atoms with van der Waals surface area (Å²) in [6.07, 6.45) is -0.646. The molecule has 0 fully saturated rings. The van der Waals surface area contributed by atoms with E-state index in [0.29, 0.717) is 41.7 Å². The van der Waals surface area contributed by atoms with E-state index in [4.69, 9.17) is 31.9 Å². The zero-order valence-corrected chi connectivity index (χ0v) is 10.6. The molecule has 0 aliphatic carbocycles. The molecule has 0 spiro atoms. The van der Waals surface area contributed by atoms with Gasteiger partial charge in [0.2, 0.25) is 0 Å². The van der Waals surface area contributed by atoms with Crippen molar-refractivity contribution in [2.24, 2.45) is 5.73 Å². The number of nitrogens with two attached hydrogens (primary N) is 1. The van der Waals surface area contributed by atoms with Crippen LogP contribution in [0, 0.1) is 0 Å². The number of halogens is 1. The van der Waals surface area contributed by atoms with Crippen LogP contribution in [0.2, 0.25) is 5.02 Å². The van der Waals surface area contributed by atoms with Crippen molar-refractivity contribution in [3.8, 4) is 11.5 Å². The van der Waals surface area contributed by atoms with E-state index in [9.17, 15) is 5.11 Å². The van der Waals surface area contributed by atoms with E-state index in [2.05, 4.69) is 0 Å². The molecule has 0 amide bonds. The Balaban J connectivity index is 2.27. The summed E-state index contributed by atoms with van der Waals surface area (Å²) in [5, 5.41) is 19.3. The summed E-state index contributed by atoms with van der Waals surface area (Å²) in [6, 6.07) is 2.67. The van der Waals surface area contributed by atoms with Crippen LogP contribution in [0.25, 0.3) is 0 Å². The van der Waals surface area contributed by atoms with E-state index in [0.717, 1.165) is 0 Å². The summed E-state index contributed by atoms with van der Waals surface area (Å²) >= 11 is 6.09. The number of aliphatic hydroxyl groups excluding tert-OH is 2. The largest absolute Gasteiger partial charge is 0.486 e. The molecule has 1 aliphatic heterocycles. The highest BCUT2D eigenvalue weighted by Gasteiger charge is 2.23. The van der Waals surface area contributed by atoms with E-state index in [1.54, 1.807) is 12.1 Å². The first-order chi connectivity index (χ1) is 8.63. The number of hydrogen-bond acceptors (Lipinski definition) is 5. The van der Waals surface area contributed by atoms with Crippen molar-refractivity contribution < 1.29 is 19.7 Å². The highest BCUT2D eigenvalue weighted by molar-refractivity contribution is 6.31. The van der Waals surface area contributed by atoms with Gasteiger partial charge in [-0.2, -0.15) is 0 Å². The highest BCUT2D eigenvalue weighted by atomic mass is 35.5. The van der Waals surface area contributed by atoms with Crippen molar-refractivity contribution in [2.45, 2.75) is 18.6 Å². The molecule has 2 rings (SSSR count). The molecule has 0 radical (unpaired) electrons. The Hall–Kier alpha value is -1.01. The number of aliphatic hydroxyl groups is 2. The summed E-state index contributed by atoms with van der Waals surface area (Å²) in [5.74, 6) is 1.12. The van der Waals surface area contributed by atoms with Crippen LogP contribution >= 0.6 is 11.6 Å². The lowest BCUT2D eigenvalue weighted by Crippen LogP contribution is -2.29. The van der Waals surface area contributed by atoms with E-state index in [1.165, 1.54) is 0 Å². The van der Waals surface area contributed by atoms with Crippen molar-refractivity contribution in [3.63, 3.8) is 0 Å². The molecule has 5 nitrogen and oxygen atoms in total. The van der Waals surface area contributed by atoms with Crippen LogP contribution in [0.5, 0.6) is 11.5 Å². The molecule has 1 heterocycles. The third-order valence-corrected chi connectivity index (χ3v) is 3.18. The van der Waals surface area contributed by atoms with Gasteiger partial charge in [0.25, 0.3) is 0 Å². The second kappa shape index (κ2) is 5.75. The van der Waals surface area contributed by atoms with Crippen LogP contribution in [-0.4, -0.2) is 36.1 Å². The Morgan fingerprint density at radius 2 is 1.89 bits per heavy atom. The van der Waals surface area contributed by atoms with Crippen LogP contribution in [0.4, 0.5) is 0 Å². The number of fused-ring (bicyclic) bond motifs is 1. The monoisotopic (exact) mass is 273 g/mol. The van der Waals surface area contributed by atoms with Crippen molar-refractivity contribution in [1.29, 1.82) is 0 Å². The Labute approximate surface area is 110 Å². The molecule has 2 unspecified atom stereocenters. The van der Waals surface area contributed by atoms with Gasteiger partial charge in [0.1, 0.15) is 13.2 Å². The first-order valence-corrected chi connectivity index (χ1v) is 6.15. The van der Waals surface area contributed by atoms with Crippen LogP contribution in [0.15, 0.2) is 12.1 Å². The van der Waals surface area contributed by atoms with Gasteiger partial charge in [-0.1, -0.05) is 11.6 Å². The predicted octanol–water partition coefficient (Wildman–Crippen LogP) is 0.854. The Bertz CT molecular complexity index is 427. The minimum absolute atomic E-state index is 0.0829. The summed E-state index contributed by atoms with van der Waals surface area (Å²) in [5.41, 5.74) is 6.25. The molecule has 6 heteroatoms. The molecule has 0 saturated carbocycles. The Morgan fingerprint density at radius 1 is 1.28 bits per heavy atom. The molecule has 0 aromatic heterocycles. The van der Waals surface area contributed by atoms with E-state index in [1.807, 2.05) is 0 Å². The first-order valence-electron chi connectivity index (χ1n) is 5.77. The number of rotatable bonds is 4. The first kappa shape index (κ1) is 13.4. The van der Waals surface area contributed by atoms with Gasteiger partial charge in [0.15, 0.2) is 11.5 Å². The van der Waals surface area contributed by atoms with E-state index in [-0.39, 0.29) is 6.61 Å². The fourth-order valence-corrected chi connectivity index (χ4v) is 2.11. The molecular weight excluding hydrogens is 258 g/mol. The summed E-state index contributed by atoms with van der Waals surface area (Å²) in [7, 11) is 0. The number of benzene rings is 1. The van der Waals surface area contributed by atoms with Crippen LogP contribution < -0.4 is 15.2 Å². The van der Waals surface area contributed by atoms with Gasteiger partial charge >= 0.3 is 0 Å². The van der Waals surface area contributed by atoms with Crippen LogP contribution in [0.1, 0.15) is 18.1 Å². The lowest BCUT2D eigenvalue weighted by Gasteiger charge is -2.23. The lowest BCUT2D eigenvalue weighted by atomic mass is 10.00. The fourth-order valence-electron chi connectivity index (χ4n) is 1.84. The minimum atomic E-state index is -0.944. The van der Waals surface area contributed by atoms with Gasteiger partial charge in [-0.15, -0.1) is 0 Å². The molecule has 1 aromatic rings. The van der Waals surface area contributed by atoms with E-state index >= 15 is 0 Å². The average Bonchev–Trinajstić information content (AvgIpc) is 2.37. The fraction of sp³-hybridized carbons (Fsp3) is 0.500. The van der Waals surface area contributed by atoms with Crippen LogP contribution in [0.3, 0.4) is 0 Å². The van der Waals surface area contributed by atoms with Crippen LogP contribution in [-0.2, 0) is 0 Å². The van der Waals surface area contributed by atoms with Crippen molar-refractivity contribution in [2.75, 3.05) is 19.8 Å². The molecule has 18 heavy (non-hydrogen) atoms. The standard InChI is InChI=1S/C12H16ClNO4/c13-8-6-11-10(17-3-4-18-11)5-7(8)12(16)9(14)1-2-15/h5-6,9,12,15-16H,1-4,14H2. The summed E-state index contributed by atoms with van der Waals surface area (Å²) < 4.78 is 10.8. The smallest absolute Gasteiger partial charge is 0.162 e. The zero-order chi connectivity index (χ0) is 13.1. The van der Waals surface area contributed by atoms with Gasteiger partial charge in [-0.05, 0) is 12.5 Å². The SMILES string of the molecule is NC(CCO)C(O)c1cc2c(cc1Cl)OCCO2. The number of hydrogen-bond donors (Lipinski definition) is 3. The number of ether oxygens (including phenoxy) is 2. The molecule has 2 atom stereocenters. The third-order valence-electron chi connectivity index (χ3n) is 2.85. The quantitative estimate of drug-likeness (QED) is 0.757. The molecule has 1 aromatic carbocycles. The van der Waals surface area contributed by atoms with Gasteiger partial charge in [0.05, 0.1) is 11.1 Å². The lowest BCUT2D eigenvalue weighted by molar-refractivity contribution is 0.127. The highest BCUT2D eigenvalue weighted by Crippen LogP contribution is 2.38. The Morgan fingerprint density at radius 3 is 2.50 bits per heavy atom. The molecule has 0 bridgehead atoms. The summed E-state index contributed by atoms with van der Waals surface area (Å²) in [6.45, 7) is 0.864. The Kier molecular flexibility index (Phi) is 4.29. The van der Waals surface area contributed by atoms with Crippen molar-refractivity contribution >= 4 is 11.6 Å². The van der Waals surface area contributed by atoms with Gasteiger partial charge in [0, 0.05) is 24.3 Å². The molecule has 1 aliphatic rings. The normalized spacial score (nSPS) is 17.3. The molecular formula is C12H16ClNO4. The maximum Gasteiger partial charge on any atom is 0.162 e. The van der Waals surface area contributed by atoms with Gasteiger partial charge in [-0.25, -0.2) is 0 Å². The topological polar surface area (TPSA) is 84.9 Å². The van der Waals surface area contributed by atoms with Gasteiger partial charge < -0.3 is 25.4 Å². The summed E-state index contributed by atoms with van der Waals surface area (Å²) in [4.78, 5) is 0. The zero-order valence-electron chi connectivity index (χ0n) is 9.80. The third kappa shape index (κ3) is 2.70. The maximum absolute atomic E-state index is 10.1. The predicted molar refractivity (Wildman–Crippen MR) is 67.1 cm³/mol. The molecule has 4 N–H and O–H groups in total. The molecule has 0 saturated heterocycles. The van der Waals surface area contributed by atoms with Crippen molar-refractivity contribution in [1.82, 2.24) is 0 Å². The average molecular weight is 274 g/mol. The second-order valence-corrected chi connectivity index (χ2v) is 4.55. The maximum atomic E-state index is 10.1. The molecule has 100 valence electrons. The minimum Gasteiger partial charge on any atom is -0.486 e. The van der Waals surface area contributed by atoms with Crippen molar-refractivity contribution in [3.05, 3.63) is 22.7 Å². The second-order valence-electron chi connectivity index (χ2n) is 4.14.